The van der Waals surface area contributed by atoms with E-state index in [1.165, 1.54) is 18.4 Å². The van der Waals surface area contributed by atoms with Gasteiger partial charge in [0, 0.05) is 18.1 Å². The molecule has 0 unspecified atom stereocenters. The maximum absolute atomic E-state index is 12.9. The zero-order valence-corrected chi connectivity index (χ0v) is 17.6. The largest absolute Gasteiger partial charge is 0.497 e. The molecule has 0 saturated heterocycles. The van der Waals surface area contributed by atoms with Gasteiger partial charge in [0.05, 0.1) is 41.6 Å². The lowest BCUT2D eigenvalue weighted by Gasteiger charge is -2.11. The molecule has 0 fully saturated rings. The lowest BCUT2D eigenvalue weighted by atomic mass is 10.1. The van der Waals surface area contributed by atoms with Crippen molar-refractivity contribution < 1.29 is 22.3 Å². The van der Waals surface area contributed by atoms with Gasteiger partial charge in [0.2, 0.25) is 5.89 Å². The molecule has 4 heterocycles. The minimum absolute atomic E-state index is 0.264. The summed E-state index contributed by atoms with van der Waals surface area (Å²) in [6.07, 6.45) is 0.822. The Morgan fingerprint density at radius 2 is 1.88 bits per heavy atom. The van der Waals surface area contributed by atoms with Gasteiger partial charge in [0.25, 0.3) is 0 Å². The summed E-state index contributed by atoms with van der Waals surface area (Å²) in [5, 5.41) is 8.28. The number of ether oxygens (including phenoxy) is 1. The van der Waals surface area contributed by atoms with Crippen LogP contribution in [0.15, 0.2) is 65.7 Å². The van der Waals surface area contributed by atoms with Gasteiger partial charge in [-0.3, -0.25) is 4.57 Å². The van der Waals surface area contributed by atoms with E-state index in [9.17, 15) is 13.2 Å². The molecule has 0 N–H and O–H groups in total. The number of aromatic nitrogens is 6. The van der Waals surface area contributed by atoms with Gasteiger partial charge in [-0.15, -0.1) is 5.10 Å². The Morgan fingerprint density at radius 3 is 2.65 bits per heavy atom. The van der Waals surface area contributed by atoms with E-state index >= 15 is 0 Å². The van der Waals surface area contributed by atoms with Crippen LogP contribution in [-0.4, -0.2) is 36.6 Å². The van der Waals surface area contributed by atoms with Crippen LogP contribution in [0.3, 0.4) is 0 Å². The third kappa shape index (κ3) is 3.16. The molecule has 0 atom stereocenters. The van der Waals surface area contributed by atoms with Gasteiger partial charge >= 0.3 is 6.18 Å². The van der Waals surface area contributed by atoms with Crippen molar-refractivity contribution in [2.45, 2.75) is 12.6 Å². The molecule has 8 nitrogen and oxygen atoms in total. The highest BCUT2D eigenvalue weighted by Gasteiger charge is 2.30. The zero-order valence-electron chi connectivity index (χ0n) is 17.6. The van der Waals surface area contributed by atoms with Crippen LogP contribution in [0.4, 0.5) is 13.2 Å². The summed E-state index contributed by atoms with van der Waals surface area (Å²) in [6.45, 7) is 0. The quantitative estimate of drug-likeness (QED) is 0.377. The molecule has 170 valence electrons. The van der Waals surface area contributed by atoms with Crippen molar-refractivity contribution in [2.75, 3.05) is 7.11 Å². The van der Waals surface area contributed by atoms with Crippen molar-refractivity contribution >= 4 is 0 Å². The molecule has 11 heteroatoms. The smallest absolute Gasteiger partial charge is 0.416 e. The fraction of sp³-hybridized carbons (Fsp3) is 0.130. The highest BCUT2D eigenvalue weighted by Crippen LogP contribution is 2.35. The van der Waals surface area contributed by atoms with E-state index in [1.54, 1.807) is 24.3 Å². The van der Waals surface area contributed by atoms with Crippen LogP contribution in [0.2, 0.25) is 0 Å². The number of methoxy groups -OCH3 is 1. The van der Waals surface area contributed by atoms with Gasteiger partial charge in [-0.2, -0.15) is 13.2 Å². The van der Waals surface area contributed by atoms with Gasteiger partial charge in [0.1, 0.15) is 29.7 Å². The second-order valence-electron chi connectivity index (χ2n) is 7.69. The Kier molecular flexibility index (Phi) is 4.34. The van der Waals surface area contributed by atoms with E-state index in [4.69, 9.17) is 9.15 Å². The van der Waals surface area contributed by atoms with Crippen LogP contribution in [-0.2, 0) is 12.6 Å². The number of alkyl halides is 3. The summed E-state index contributed by atoms with van der Waals surface area (Å²) in [4.78, 5) is 9.04. The summed E-state index contributed by atoms with van der Waals surface area (Å²) in [6, 6.07) is 10.4. The molecular weight excluding hydrogens is 449 g/mol. The molecule has 0 bridgehead atoms. The number of imidazole rings is 1. The molecule has 3 aromatic heterocycles. The van der Waals surface area contributed by atoms with Crippen LogP contribution >= 0.6 is 0 Å². The molecule has 1 aliphatic rings. The van der Waals surface area contributed by atoms with E-state index in [0.29, 0.717) is 29.1 Å². The predicted octanol–water partition coefficient (Wildman–Crippen LogP) is 4.71. The van der Waals surface area contributed by atoms with Crippen molar-refractivity contribution in [3.8, 4) is 40.0 Å². The van der Waals surface area contributed by atoms with Gasteiger partial charge in [-0.05, 0) is 24.3 Å². The maximum Gasteiger partial charge on any atom is 0.416 e. The second kappa shape index (κ2) is 7.30. The Balaban J connectivity index is 1.42. The van der Waals surface area contributed by atoms with Crippen LogP contribution in [0.1, 0.15) is 17.0 Å². The van der Waals surface area contributed by atoms with Crippen LogP contribution in [0, 0.1) is 0 Å². The molecular formula is C23H15F3N6O2. The van der Waals surface area contributed by atoms with E-state index in [-0.39, 0.29) is 5.89 Å². The maximum atomic E-state index is 12.9. The third-order valence-corrected chi connectivity index (χ3v) is 5.72. The van der Waals surface area contributed by atoms with Crippen molar-refractivity contribution in [1.29, 1.82) is 0 Å². The lowest BCUT2D eigenvalue weighted by Crippen LogP contribution is -2.03. The van der Waals surface area contributed by atoms with Gasteiger partial charge in [0.15, 0.2) is 0 Å². The first-order valence-electron chi connectivity index (χ1n) is 10.2. The molecule has 34 heavy (non-hydrogen) atoms. The Hall–Kier alpha value is -4.41. The van der Waals surface area contributed by atoms with E-state index in [1.807, 2.05) is 22.8 Å². The molecule has 0 spiro atoms. The minimum Gasteiger partial charge on any atom is -0.497 e. The van der Waals surface area contributed by atoms with Crippen molar-refractivity contribution in [2.24, 2.45) is 0 Å². The average Bonchev–Trinajstić information content (AvgIpc) is 3.57. The summed E-state index contributed by atoms with van der Waals surface area (Å²) >= 11 is 0. The van der Waals surface area contributed by atoms with Gasteiger partial charge in [-0.25, -0.2) is 14.6 Å². The summed E-state index contributed by atoms with van der Waals surface area (Å²) < 4.78 is 53.4. The van der Waals surface area contributed by atoms with Crippen LogP contribution in [0.25, 0.3) is 34.2 Å². The highest BCUT2D eigenvalue weighted by atomic mass is 19.4. The average molecular weight is 464 g/mol. The standard InChI is InChI=1S/C23H15F3N6O2/c1-33-16-6-7-18-19(9-16)32-15(10-28-30-32)8-20-21(27-12-31(18)20)22-29-17(11-34-22)13-2-4-14(5-3-13)23(24,25)26/h2-7,9-12H,8H2,1H3. The molecule has 2 aromatic carbocycles. The van der Waals surface area contributed by atoms with Crippen LogP contribution < -0.4 is 4.74 Å². The van der Waals surface area contributed by atoms with E-state index in [2.05, 4.69) is 20.3 Å². The number of benzene rings is 2. The van der Waals surface area contributed by atoms with Crippen LogP contribution in [0.5, 0.6) is 5.75 Å². The number of oxazole rings is 1. The van der Waals surface area contributed by atoms with Crippen molar-refractivity contribution in [3.05, 3.63) is 78.2 Å². The summed E-state index contributed by atoms with van der Waals surface area (Å²) in [5.74, 6) is 0.942. The van der Waals surface area contributed by atoms with Gasteiger partial charge < -0.3 is 9.15 Å². The topological polar surface area (TPSA) is 83.8 Å². The number of nitrogens with zero attached hydrogens (tertiary/aromatic N) is 6. The number of fused-ring (bicyclic) bond motifs is 5. The molecule has 0 amide bonds. The number of hydrogen-bond acceptors (Lipinski definition) is 6. The molecule has 0 aliphatic carbocycles. The molecule has 0 radical (unpaired) electrons. The lowest BCUT2D eigenvalue weighted by molar-refractivity contribution is -0.137. The number of rotatable bonds is 3. The summed E-state index contributed by atoms with van der Waals surface area (Å²) in [5.41, 5.74) is 3.98. The Labute approximate surface area is 190 Å². The molecule has 6 rings (SSSR count). The first-order valence-corrected chi connectivity index (χ1v) is 10.2. The molecule has 1 aliphatic heterocycles. The minimum atomic E-state index is -4.40. The van der Waals surface area contributed by atoms with Gasteiger partial charge in [-0.1, -0.05) is 17.3 Å². The Bertz CT molecular complexity index is 1510. The zero-order chi connectivity index (χ0) is 23.4. The second-order valence-corrected chi connectivity index (χ2v) is 7.69. The number of halogens is 3. The first kappa shape index (κ1) is 20.2. The first-order chi connectivity index (χ1) is 16.4. The fourth-order valence-corrected chi connectivity index (χ4v) is 4.03. The molecule has 5 aromatic rings. The Morgan fingerprint density at radius 1 is 1.06 bits per heavy atom. The SMILES string of the molecule is COc1ccc2c(c1)-n1nncc1Cc1c(-c3nc(-c4ccc(C(F)(F)F)cc4)co3)ncn1-2. The number of hydrogen-bond donors (Lipinski definition) is 0. The normalized spacial score (nSPS) is 12.6. The summed E-state index contributed by atoms with van der Waals surface area (Å²) in [7, 11) is 1.60. The van der Waals surface area contributed by atoms with E-state index in [0.717, 1.165) is 34.9 Å². The highest BCUT2D eigenvalue weighted by molar-refractivity contribution is 5.65. The molecule has 0 saturated carbocycles. The van der Waals surface area contributed by atoms with Crippen molar-refractivity contribution in [1.82, 2.24) is 29.5 Å². The third-order valence-electron chi connectivity index (χ3n) is 5.72. The van der Waals surface area contributed by atoms with E-state index < -0.39 is 11.7 Å². The van der Waals surface area contributed by atoms with Crippen molar-refractivity contribution in [3.63, 3.8) is 0 Å². The monoisotopic (exact) mass is 464 g/mol. The predicted molar refractivity (Wildman–Crippen MR) is 114 cm³/mol. The fourth-order valence-electron chi connectivity index (χ4n) is 4.03.